The molecule has 0 aromatic rings. The van der Waals surface area contributed by atoms with E-state index in [0.717, 1.165) is 0 Å². The Morgan fingerprint density at radius 3 is 2.75 bits per heavy atom. The molecule has 12 heavy (non-hydrogen) atoms. The molecule has 0 aromatic carbocycles. The van der Waals surface area contributed by atoms with E-state index in [4.69, 9.17) is 5.73 Å². The highest BCUT2D eigenvalue weighted by molar-refractivity contribution is 5.92. The zero-order valence-corrected chi connectivity index (χ0v) is 7.29. The number of hydrogen-bond acceptors (Lipinski definition) is 4. The maximum atomic E-state index is 11.0. The molecule has 1 aliphatic heterocycles. The Morgan fingerprint density at radius 1 is 1.67 bits per heavy atom. The number of rotatable bonds is 1. The fourth-order valence-electron chi connectivity index (χ4n) is 1.28. The normalized spacial score (nSPS) is 36.4. The molecule has 0 radical (unpaired) electrons. The minimum absolute atomic E-state index is 0.233. The van der Waals surface area contributed by atoms with Crippen LogP contribution >= 0.6 is 0 Å². The van der Waals surface area contributed by atoms with Crippen molar-refractivity contribution in [1.29, 1.82) is 0 Å². The van der Waals surface area contributed by atoms with Gasteiger partial charge in [0.2, 0.25) is 0 Å². The van der Waals surface area contributed by atoms with Crippen molar-refractivity contribution in [2.45, 2.75) is 32.7 Å². The Labute approximate surface area is 71.1 Å². The summed E-state index contributed by atoms with van der Waals surface area (Å²) in [5.41, 5.74) is 5.18. The first-order chi connectivity index (χ1) is 5.49. The maximum absolute atomic E-state index is 11.0. The van der Waals surface area contributed by atoms with Crippen molar-refractivity contribution in [3.05, 3.63) is 0 Å². The van der Waals surface area contributed by atoms with Crippen LogP contribution in [0.25, 0.3) is 0 Å². The van der Waals surface area contributed by atoms with Crippen molar-refractivity contribution in [3.8, 4) is 0 Å². The highest BCUT2D eigenvalue weighted by atomic mass is 16.6. The smallest absolute Gasteiger partial charge is 0.331 e. The summed E-state index contributed by atoms with van der Waals surface area (Å²) in [6, 6.07) is -0.666. The summed E-state index contributed by atoms with van der Waals surface area (Å²) in [7, 11) is 0. The molecule has 0 aliphatic carbocycles. The minimum Gasteiger partial charge on any atom is -0.392 e. The first-order valence-corrected chi connectivity index (χ1v) is 3.99. The predicted octanol–water partition coefficient (Wildman–Crippen LogP) is 0.204. The van der Waals surface area contributed by atoms with E-state index in [0.29, 0.717) is 6.42 Å². The standard InChI is InChI=1S/C8H13NO3/c1-3-8(2)4-5(10)12-7(11)6(8)9/h6H,3-4,9H2,1-2H3/t6-,8?/m1/s1. The molecule has 4 heteroatoms. The van der Waals surface area contributed by atoms with Gasteiger partial charge in [-0.2, -0.15) is 0 Å². The summed E-state index contributed by atoms with van der Waals surface area (Å²) in [6.07, 6.45) is 0.936. The number of carbonyl (C=O) groups is 2. The molecule has 0 saturated carbocycles. The van der Waals surface area contributed by atoms with Crippen LogP contribution in [0.1, 0.15) is 26.7 Å². The van der Waals surface area contributed by atoms with Crippen molar-refractivity contribution in [3.63, 3.8) is 0 Å². The molecule has 2 atom stereocenters. The fourth-order valence-corrected chi connectivity index (χ4v) is 1.28. The molecule has 0 aromatic heterocycles. The average Bonchev–Trinajstić information content (AvgIpc) is 2.00. The molecule has 0 amide bonds. The van der Waals surface area contributed by atoms with Gasteiger partial charge in [-0.25, -0.2) is 4.79 Å². The minimum atomic E-state index is -0.666. The molecule has 68 valence electrons. The summed E-state index contributed by atoms with van der Waals surface area (Å²) in [4.78, 5) is 21.9. The van der Waals surface area contributed by atoms with Crippen molar-refractivity contribution < 1.29 is 14.3 Å². The second-order valence-electron chi connectivity index (χ2n) is 3.46. The van der Waals surface area contributed by atoms with E-state index >= 15 is 0 Å². The van der Waals surface area contributed by atoms with Crippen LogP contribution in [-0.2, 0) is 14.3 Å². The van der Waals surface area contributed by atoms with Gasteiger partial charge in [0.05, 0.1) is 6.42 Å². The van der Waals surface area contributed by atoms with E-state index in [1.807, 2.05) is 13.8 Å². The Balaban J connectivity index is 2.86. The lowest BCUT2D eigenvalue weighted by Gasteiger charge is -2.35. The molecular weight excluding hydrogens is 158 g/mol. The first-order valence-electron chi connectivity index (χ1n) is 3.99. The third-order valence-electron chi connectivity index (χ3n) is 2.58. The second-order valence-corrected chi connectivity index (χ2v) is 3.46. The van der Waals surface area contributed by atoms with Gasteiger partial charge in [-0.05, 0) is 6.42 Å². The molecule has 1 saturated heterocycles. The van der Waals surface area contributed by atoms with Gasteiger partial charge in [-0.3, -0.25) is 4.79 Å². The molecule has 0 bridgehead atoms. The lowest BCUT2D eigenvalue weighted by molar-refractivity contribution is -0.170. The molecule has 1 rings (SSSR count). The van der Waals surface area contributed by atoms with Gasteiger partial charge >= 0.3 is 11.9 Å². The van der Waals surface area contributed by atoms with Gasteiger partial charge < -0.3 is 10.5 Å². The van der Waals surface area contributed by atoms with E-state index in [9.17, 15) is 9.59 Å². The number of hydrogen-bond donors (Lipinski definition) is 1. The summed E-state index contributed by atoms with van der Waals surface area (Å²) in [6.45, 7) is 3.74. The van der Waals surface area contributed by atoms with E-state index in [2.05, 4.69) is 4.74 Å². The number of nitrogens with two attached hydrogens (primary N) is 1. The van der Waals surface area contributed by atoms with Gasteiger partial charge in [-0.15, -0.1) is 0 Å². The summed E-state index contributed by atoms with van der Waals surface area (Å²) >= 11 is 0. The van der Waals surface area contributed by atoms with Crippen LogP contribution in [0.2, 0.25) is 0 Å². The highest BCUT2D eigenvalue weighted by Gasteiger charge is 2.43. The molecule has 2 N–H and O–H groups in total. The summed E-state index contributed by atoms with van der Waals surface area (Å²) < 4.78 is 4.39. The number of ether oxygens (including phenoxy) is 1. The zero-order chi connectivity index (χ0) is 9.35. The van der Waals surface area contributed by atoms with Crippen LogP contribution in [0.4, 0.5) is 0 Å². The molecule has 1 unspecified atom stereocenters. The number of esters is 2. The molecular formula is C8H13NO3. The number of carbonyl (C=O) groups excluding carboxylic acids is 2. The van der Waals surface area contributed by atoms with E-state index < -0.39 is 23.4 Å². The average molecular weight is 171 g/mol. The van der Waals surface area contributed by atoms with Crippen molar-refractivity contribution in [2.75, 3.05) is 0 Å². The quantitative estimate of drug-likeness (QED) is 0.452. The maximum Gasteiger partial charge on any atom is 0.331 e. The van der Waals surface area contributed by atoms with Crippen LogP contribution in [0.3, 0.4) is 0 Å². The van der Waals surface area contributed by atoms with Crippen LogP contribution in [0, 0.1) is 5.41 Å². The third-order valence-corrected chi connectivity index (χ3v) is 2.58. The van der Waals surface area contributed by atoms with Gasteiger partial charge in [0, 0.05) is 5.41 Å². The Hall–Kier alpha value is -0.900. The van der Waals surface area contributed by atoms with Crippen molar-refractivity contribution in [2.24, 2.45) is 11.1 Å². The largest absolute Gasteiger partial charge is 0.392 e. The SMILES string of the molecule is CCC1(C)CC(=O)OC(=O)[C@H]1N. The predicted molar refractivity (Wildman–Crippen MR) is 42.1 cm³/mol. The first kappa shape index (κ1) is 9.19. The highest BCUT2D eigenvalue weighted by Crippen LogP contribution is 2.33. The van der Waals surface area contributed by atoms with Gasteiger partial charge in [-0.1, -0.05) is 13.8 Å². The Bertz CT molecular complexity index is 226. The molecule has 4 nitrogen and oxygen atoms in total. The lowest BCUT2D eigenvalue weighted by Crippen LogP contribution is -2.52. The monoisotopic (exact) mass is 171 g/mol. The van der Waals surface area contributed by atoms with Crippen LogP contribution in [0.5, 0.6) is 0 Å². The van der Waals surface area contributed by atoms with Crippen LogP contribution < -0.4 is 5.73 Å². The van der Waals surface area contributed by atoms with Crippen molar-refractivity contribution >= 4 is 11.9 Å². The van der Waals surface area contributed by atoms with Crippen molar-refractivity contribution in [1.82, 2.24) is 0 Å². The second kappa shape index (κ2) is 2.86. The third kappa shape index (κ3) is 1.34. The van der Waals surface area contributed by atoms with Crippen LogP contribution in [-0.4, -0.2) is 18.0 Å². The number of cyclic esters (lactones) is 2. The van der Waals surface area contributed by atoms with Gasteiger partial charge in [0.1, 0.15) is 6.04 Å². The summed E-state index contributed by atoms with van der Waals surface area (Å²) in [5.74, 6) is -1.07. The Kier molecular flexibility index (Phi) is 2.19. The lowest BCUT2D eigenvalue weighted by atomic mass is 9.76. The van der Waals surface area contributed by atoms with E-state index in [1.54, 1.807) is 0 Å². The van der Waals surface area contributed by atoms with Gasteiger partial charge in [0.15, 0.2) is 0 Å². The van der Waals surface area contributed by atoms with Crippen LogP contribution in [0.15, 0.2) is 0 Å². The summed E-state index contributed by atoms with van der Waals surface area (Å²) in [5, 5.41) is 0. The fraction of sp³-hybridized carbons (Fsp3) is 0.750. The topological polar surface area (TPSA) is 69.4 Å². The van der Waals surface area contributed by atoms with E-state index in [1.165, 1.54) is 0 Å². The Morgan fingerprint density at radius 2 is 2.25 bits per heavy atom. The zero-order valence-electron chi connectivity index (χ0n) is 7.29. The molecule has 1 heterocycles. The molecule has 1 fully saturated rings. The molecule has 1 aliphatic rings. The molecule has 0 spiro atoms. The van der Waals surface area contributed by atoms with Gasteiger partial charge in [0.25, 0.3) is 0 Å². The van der Waals surface area contributed by atoms with E-state index in [-0.39, 0.29) is 6.42 Å².